The zero-order chi connectivity index (χ0) is 36.1. The molecule has 0 amide bonds. The quantitative estimate of drug-likeness (QED) is 0.159. The fourth-order valence-corrected chi connectivity index (χ4v) is 6.85. The van der Waals surface area contributed by atoms with Crippen molar-refractivity contribution in [2.45, 2.75) is 0 Å². The molecule has 0 N–H and O–H groups in total. The van der Waals surface area contributed by atoms with Gasteiger partial charge in [-0.15, -0.1) is 0 Å². The highest BCUT2D eigenvalue weighted by molar-refractivity contribution is 5.78. The second kappa shape index (κ2) is 14.8. The predicted octanol–water partition coefficient (Wildman–Crippen LogP) is 13.2. The number of hydrogen-bond donors (Lipinski definition) is 0. The average Bonchev–Trinajstić information content (AvgIpc) is 3.27. The van der Waals surface area contributed by atoms with Crippen molar-refractivity contribution in [2.75, 3.05) is 0 Å². The van der Waals surface area contributed by atoms with E-state index in [1.807, 2.05) is 18.2 Å². The van der Waals surface area contributed by atoms with Crippen molar-refractivity contribution in [3.63, 3.8) is 0 Å². The Morgan fingerprint density at radius 1 is 0.167 bits per heavy atom. The highest BCUT2D eigenvalue weighted by atomic mass is 15.0. The summed E-state index contributed by atoms with van der Waals surface area (Å²) in [5, 5.41) is 0. The minimum Gasteiger partial charge on any atom is -0.208 e. The molecule has 0 bridgehead atoms. The smallest absolute Gasteiger partial charge is 0.164 e. The molecular formula is C51H35N3. The maximum atomic E-state index is 5.06. The SMILES string of the molecule is c1ccc(-c2ccc(-c3cccc(-c4ccc(-c5nc(-c6ccc(-c7ccccc7)cc6)nc(-c6cccc(-c7ccccc7)c6)n5)cc4)c3)cc2)cc1. The zero-order valence-corrected chi connectivity index (χ0v) is 29.5. The normalized spacial score (nSPS) is 11.0. The van der Waals surface area contributed by atoms with E-state index in [0.29, 0.717) is 17.5 Å². The first-order chi connectivity index (χ1) is 26.7. The summed E-state index contributed by atoms with van der Waals surface area (Å²) in [7, 11) is 0. The third kappa shape index (κ3) is 6.99. The fraction of sp³-hybridized carbons (Fsp3) is 0. The van der Waals surface area contributed by atoms with Crippen LogP contribution in [-0.4, -0.2) is 15.0 Å². The van der Waals surface area contributed by atoms with Crippen LogP contribution in [0.1, 0.15) is 0 Å². The standard InChI is InChI=1S/C51H35N3/c1-4-12-36(13-5-1)39-22-24-41(25-23-39)45-18-10-19-46(34-45)42-28-32-44(33-29-42)50-52-49(43-30-26-40(27-31-43)37-14-6-2-7-15-37)53-51(54-50)48-21-11-20-47(35-48)38-16-8-3-9-17-38/h1-35H. The molecule has 0 unspecified atom stereocenters. The van der Waals surface area contributed by atoms with E-state index in [2.05, 4.69) is 194 Å². The van der Waals surface area contributed by atoms with E-state index in [1.54, 1.807) is 0 Å². The summed E-state index contributed by atoms with van der Waals surface area (Å²) in [5.74, 6) is 1.90. The molecule has 0 atom stereocenters. The van der Waals surface area contributed by atoms with Gasteiger partial charge in [-0.1, -0.05) is 200 Å². The molecule has 0 aliphatic rings. The van der Waals surface area contributed by atoms with Crippen LogP contribution in [0.5, 0.6) is 0 Å². The number of rotatable bonds is 8. The van der Waals surface area contributed by atoms with Crippen molar-refractivity contribution >= 4 is 0 Å². The van der Waals surface area contributed by atoms with E-state index in [1.165, 1.54) is 27.8 Å². The van der Waals surface area contributed by atoms with Crippen molar-refractivity contribution in [3.8, 4) is 89.8 Å². The molecule has 0 saturated carbocycles. The molecule has 54 heavy (non-hydrogen) atoms. The van der Waals surface area contributed by atoms with Crippen LogP contribution in [0.25, 0.3) is 89.8 Å². The molecule has 8 aromatic carbocycles. The lowest BCUT2D eigenvalue weighted by Gasteiger charge is -2.11. The molecule has 0 spiro atoms. The number of nitrogens with zero attached hydrogens (tertiary/aromatic N) is 3. The Hall–Kier alpha value is -7.23. The summed E-state index contributed by atoms with van der Waals surface area (Å²) in [5.41, 5.74) is 14.5. The number of aromatic nitrogens is 3. The molecule has 3 heteroatoms. The molecule has 1 heterocycles. The fourth-order valence-electron chi connectivity index (χ4n) is 6.85. The Morgan fingerprint density at radius 2 is 0.389 bits per heavy atom. The minimum absolute atomic E-state index is 0.631. The van der Waals surface area contributed by atoms with Crippen LogP contribution in [0.2, 0.25) is 0 Å². The summed E-state index contributed by atoms with van der Waals surface area (Å²) in [6.45, 7) is 0. The lowest BCUT2D eigenvalue weighted by atomic mass is 9.97. The maximum absolute atomic E-state index is 5.06. The first kappa shape index (κ1) is 32.7. The summed E-state index contributed by atoms with van der Waals surface area (Å²) in [6.07, 6.45) is 0. The summed E-state index contributed by atoms with van der Waals surface area (Å²) in [6, 6.07) is 74.2. The van der Waals surface area contributed by atoms with Gasteiger partial charge in [-0.25, -0.2) is 15.0 Å². The third-order valence-electron chi connectivity index (χ3n) is 9.78. The van der Waals surface area contributed by atoms with Crippen molar-refractivity contribution < 1.29 is 0 Å². The van der Waals surface area contributed by atoms with Gasteiger partial charge >= 0.3 is 0 Å². The number of hydrogen-bond acceptors (Lipinski definition) is 3. The molecule has 1 aromatic heterocycles. The molecule has 254 valence electrons. The van der Waals surface area contributed by atoms with Gasteiger partial charge in [0.25, 0.3) is 0 Å². The minimum atomic E-state index is 0.631. The highest BCUT2D eigenvalue weighted by Gasteiger charge is 2.14. The Labute approximate surface area is 316 Å². The molecule has 0 fully saturated rings. The van der Waals surface area contributed by atoms with Gasteiger partial charge in [-0.2, -0.15) is 0 Å². The Kier molecular flexibility index (Phi) is 8.94. The number of benzene rings is 8. The van der Waals surface area contributed by atoms with E-state index in [4.69, 9.17) is 15.0 Å². The van der Waals surface area contributed by atoms with Gasteiger partial charge in [0.05, 0.1) is 0 Å². The molecule has 0 aliphatic heterocycles. The summed E-state index contributed by atoms with van der Waals surface area (Å²) in [4.78, 5) is 15.1. The van der Waals surface area contributed by atoms with E-state index in [9.17, 15) is 0 Å². The van der Waals surface area contributed by atoms with Crippen molar-refractivity contribution in [1.82, 2.24) is 15.0 Å². The van der Waals surface area contributed by atoms with E-state index in [0.717, 1.165) is 44.5 Å². The lowest BCUT2D eigenvalue weighted by molar-refractivity contribution is 1.07. The van der Waals surface area contributed by atoms with E-state index < -0.39 is 0 Å². The highest BCUT2D eigenvalue weighted by Crippen LogP contribution is 2.32. The summed E-state index contributed by atoms with van der Waals surface area (Å²) < 4.78 is 0. The zero-order valence-electron chi connectivity index (χ0n) is 29.5. The summed E-state index contributed by atoms with van der Waals surface area (Å²) >= 11 is 0. The molecule has 0 aliphatic carbocycles. The van der Waals surface area contributed by atoms with Gasteiger partial charge in [0.15, 0.2) is 17.5 Å². The van der Waals surface area contributed by atoms with Gasteiger partial charge in [0.2, 0.25) is 0 Å². The third-order valence-corrected chi connectivity index (χ3v) is 9.78. The van der Waals surface area contributed by atoms with Crippen LogP contribution in [0.3, 0.4) is 0 Å². The lowest BCUT2D eigenvalue weighted by Crippen LogP contribution is -2.00. The second-order valence-corrected chi connectivity index (χ2v) is 13.3. The molecule has 0 saturated heterocycles. The second-order valence-electron chi connectivity index (χ2n) is 13.3. The van der Waals surface area contributed by atoms with Gasteiger partial charge in [0.1, 0.15) is 0 Å². The Bertz CT molecular complexity index is 2650. The molecule has 0 radical (unpaired) electrons. The van der Waals surface area contributed by atoms with Gasteiger partial charge in [-0.05, 0) is 67.8 Å². The predicted molar refractivity (Wildman–Crippen MR) is 223 cm³/mol. The first-order valence-electron chi connectivity index (χ1n) is 18.2. The van der Waals surface area contributed by atoms with Crippen LogP contribution in [0.15, 0.2) is 212 Å². The van der Waals surface area contributed by atoms with Gasteiger partial charge < -0.3 is 0 Å². The Balaban J connectivity index is 1.05. The van der Waals surface area contributed by atoms with Crippen molar-refractivity contribution in [2.24, 2.45) is 0 Å². The molecular weight excluding hydrogens is 655 g/mol. The molecule has 3 nitrogen and oxygen atoms in total. The average molecular weight is 690 g/mol. The topological polar surface area (TPSA) is 38.7 Å². The largest absolute Gasteiger partial charge is 0.208 e. The van der Waals surface area contributed by atoms with Crippen LogP contribution >= 0.6 is 0 Å². The van der Waals surface area contributed by atoms with Crippen LogP contribution < -0.4 is 0 Å². The van der Waals surface area contributed by atoms with Crippen molar-refractivity contribution in [1.29, 1.82) is 0 Å². The molecule has 9 rings (SSSR count). The first-order valence-corrected chi connectivity index (χ1v) is 18.2. The van der Waals surface area contributed by atoms with Crippen molar-refractivity contribution in [3.05, 3.63) is 212 Å². The van der Waals surface area contributed by atoms with E-state index in [-0.39, 0.29) is 0 Å². The van der Waals surface area contributed by atoms with Crippen LogP contribution in [0.4, 0.5) is 0 Å². The monoisotopic (exact) mass is 689 g/mol. The van der Waals surface area contributed by atoms with Crippen LogP contribution in [0, 0.1) is 0 Å². The van der Waals surface area contributed by atoms with Gasteiger partial charge in [-0.3, -0.25) is 0 Å². The molecule has 9 aromatic rings. The van der Waals surface area contributed by atoms with Crippen LogP contribution in [-0.2, 0) is 0 Å². The van der Waals surface area contributed by atoms with Gasteiger partial charge in [0, 0.05) is 16.7 Å². The van der Waals surface area contributed by atoms with E-state index >= 15 is 0 Å². The Morgan fingerprint density at radius 3 is 0.759 bits per heavy atom. The maximum Gasteiger partial charge on any atom is 0.164 e.